The first-order valence-corrected chi connectivity index (χ1v) is 7.55. The maximum absolute atomic E-state index is 12.5. The number of hydrogen-bond donors (Lipinski definition) is 2. The van der Waals surface area contributed by atoms with Crippen LogP contribution in [0.2, 0.25) is 0 Å². The second-order valence-corrected chi connectivity index (χ2v) is 5.49. The van der Waals surface area contributed by atoms with Gasteiger partial charge >= 0.3 is 0 Å². The molecule has 1 aliphatic rings. The van der Waals surface area contributed by atoms with Crippen LogP contribution in [0.3, 0.4) is 0 Å². The second kappa shape index (κ2) is 6.29. The van der Waals surface area contributed by atoms with Gasteiger partial charge in [-0.25, -0.2) is 0 Å². The fourth-order valence-electron chi connectivity index (χ4n) is 2.35. The fraction of sp³-hybridized carbons (Fsp3) is 0.0625. The molecule has 1 fully saturated rings. The minimum Gasteiger partial charge on any atom is -0.493 e. The Kier molecular flexibility index (Phi) is 4.15. The van der Waals surface area contributed by atoms with Gasteiger partial charge in [-0.15, -0.1) is 6.58 Å². The van der Waals surface area contributed by atoms with Crippen molar-refractivity contribution in [2.75, 3.05) is 6.54 Å². The van der Waals surface area contributed by atoms with Gasteiger partial charge in [-0.05, 0) is 30.4 Å². The summed E-state index contributed by atoms with van der Waals surface area (Å²) in [6, 6.07) is 4.82. The van der Waals surface area contributed by atoms with E-state index in [2.05, 4.69) is 16.9 Å². The van der Waals surface area contributed by atoms with Crippen molar-refractivity contribution in [3.05, 3.63) is 58.5 Å². The van der Waals surface area contributed by atoms with Crippen LogP contribution in [0.15, 0.2) is 47.4 Å². The number of hydrogen-bond acceptors (Lipinski definition) is 6. The van der Waals surface area contributed by atoms with Gasteiger partial charge in [0.05, 0.1) is 0 Å². The highest BCUT2D eigenvalue weighted by molar-refractivity contribution is 7.80. The summed E-state index contributed by atoms with van der Waals surface area (Å²) in [5.74, 6) is -2.02. The van der Waals surface area contributed by atoms with E-state index >= 15 is 0 Å². The third kappa shape index (κ3) is 2.81. The number of aromatic hydroxyl groups is 1. The van der Waals surface area contributed by atoms with Crippen LogP contribution in [0.1, 0.15) is 5.56 Å². The van der Waals surface area contributed by atoms with Crippen LogP contribution >= 0.6 is 12.2 Å². The number of carbonyl (C=O) groups is 2. The molecule has 3 heterocycles. The predicted octanol–water partition coefficient (Wildman–Crippen LogP) is 0.213. The molecular weight excluding hydrogens is 344 g/mol. The van der Waals surface area contributed by atoms with E-state index in [1.807, 2.05) is 0 Å². The molecule has 1 saturated heterocycles. The Bertz CT molecular complexity index is 1020. The number of nitrogens with one attached hydrogen (secondary N) is 1. The van der Waals surface area contributed by atoms with E-state index in [1.54, 1.807) is 18.2 Å². The lowest BCUT2D eigenvalue weighted by Gasteiger charge is -2.27. The molecular formula is C16H12N4O4S. The van der Waals surface area contributed by atoms with E-state index in [9.17, 15) is 19.5 Å². The van der Waals surface area contributed by atoms with Crippen LogP contribution < -0.4 is 10.9 Å². The quantitative estimate of drug-likeness (QED) is 0.353. The van der Waals surface area contributed by atoms with Crippen LogP contribution in [-0.2, 0) is 9.59 Å². The number of fused-ring (bicyclic) bond motifs is 1. The molecule has 2 aromatic heterocycles. The van der Waals surface area contributed by atoms with Crippen LogP contribution in [0.25, 0.3) is 11.7 Å². The van der Waals surface area contributed by atoms with Crippen molar-refractivity contribution in [3.8, 4) is 5.88 Å². The van der Waals surface area contributed by atoms with Gasteiger partial charge in [0.1, 0.15) is 16.8 Å². The molecule has 1 aliphatic heterocycles. The largest absolute Gasteiger partial charge is 0.493 e. The average molecular weight is 356 g/mol. The molecule has 25 heavy (non-hydrogen) atoms. The van der Waals surface area contributed by atoms with Crippen molar-refractivity contribution in [1.29, 1.82) is 0 Å². The molecule has 0 radical (unpaired) electrons. The summed E-state index contributed by atoms with van der Waals surface area (Å²) in [4.78, 5) is 42.1. The maximum Gasteiger partial charge on any atom is 0.269 e. The Hall–Kier alpha value is -3.33. The van der Waals surface area contributed by atoms with Gasteiger partial charge in [0.25, 0.3) is 17.4 Å². The maximum atomic E-state index is 12.5. The molecule has 0 aliphatic carbocycles. The number of aromatic nitrogens is 2. The van der Waals surface area contributed by atoms with E-state index < -0.39 is 23.3 Å². The summed E-state index contributed by atoms with van der Waals surface area (Å²) in [5.41, 5.74) is -0.977. The minimum atomic E-state index is -0.757. The normalized spacial score (nSPS) is 16.4. The molecule has 2 amide bonds. The first kappa shape index (κ1) is 16.5. The van der Waals surface area contributed by atoms with Crippen LogP contribution in [0.4, 0.5) is 0 Å². The molecule has 3 rings (SSSR count). The lowest BCUT2D eigenvalue weighted by atomic mass is 10.1. The number of carbonyl (C=O) groups excluding carboxylic acids is 2. The molecule has 0 bridgehead atoms. The Labute approximate surface area is 146 Å². The van der Waals surface area contributed by atoms with E-state index in [0.717, 1.165) is 11.0 Å². The number of pyridine rings is 1. The molecule has 8 nitrogen and oxygen atoms in total. The van der Waals surface area contributed by atoms with Gasteiger partial charge in [-0.2, -0.15) is 4.98 Å². The summed E-state index contributed by atoms with van der Waals surface area (Å²) >= 11 is 4.95. The molecule has 0 spiro atoms. The molecule has 2 aromatic rings. The topological polar surface area (TPSA) is 104 Å². The molecule has 0 aromatic carbocycles. The van der Waals surface area contributed by atoms with Gasteiger partial charge in [-0.1, -0.05) is 12.1 Å². The number of thiocarbonyl (C=S) groups is 1. The Morgan fingerprint density at radius 2 is 2.08 bits per heavy atom. The van der Waals surface area contributed by atoms with Gasteiger partial charge < -0.3 is 5.11 Å². The summed E-state index contributed by atoms with van der Waals surface area (Å²) in [6.45, 7) is 3.62. The predicted molar refractivity (Wildman–Crippen MR) is 93.8 cm³/mol. The zero-order valence-corrected chi connectivity index (χ0v) is 13.6. The lowest BCUT2D eigenvalue weighted by molar-refractivity contribution is -0.128. The molecule has 0 atom stereocenters. The fourth-order valence-corrected chi connectivity index (χ4v) is 2.60. The Balaban J connectivity index is 2.16. The first-order valence-electron chi connectivity index (χ1n) is 7.14. The number of nitrogens with zero attached hydrogens (tertiary/aromatic N) is 3. The third-order valence-corrected chi connectivity index (χ3v) is 3.86. The van der Waals surface area contributed by atoms with E-state index in [-0.39, 0.29) is 28.4 Å². The molecule has 0 saturated carbocycles. The van der Waals surface area contributed by atoms with Crippen LogP contribution in [-0.4, -0.2) is 42.9 Å². The van der Waals surface area contributed by atoms with Crippen molar-refractivity contribution in [2.45, 2.75) is 0 Å². The monoisotopic (exact) mass is 356 g/mol. The highest BCUT2D eigenvalue weighted by atomic mass is 32.1. The summed E-state index contributed by atoms with van der Waals surface area (Å²) in [5, 5.41) is 12.4. The zero-order chi connectivity index (χ0) is 18.1. The van der Waals surface area contributed by atoms with Gasteiger partial charge in [0.15, 0.2) is 5.11 Å². The van der Waals surface area contributed by atoms with Crippen molar-refractivity contribution in [3.63, 3.8) is 0 Å². The second-order valence-electron chi connectivity index (χ2n) is 5.10. The Morgan fingerprint density at radius 3 is 2.80 bits per heavy atom. The van der Waals surface area contributed by atoms with Gasteiger partial charge in [-0.3, -0.25) is 29.0 Å². The van der Waals surface area contributed by atoms with Crippen LogP contribution in [0, 0.1) is 0 Å². The van der Waals surface area contributed by atoms with E-state index in [0.29, 0.717) is 0 Å². The average Bonchev–Trinajstić information content (AvgIpc) is 2.57. The first-order chi connectivity index (χ1) is 11.9. The Morgan fingerprint density at radius 1 is 1.32 bits per heavy atom. The molecule has 126 valence electrons. The van der Waals surface area contributed by atoms with Crippen molar-refractivity contribution in [2.24, 2.45) is 0 Å². The van der Waals surface area contributed by atoms with Gasteiger partial charge in [0, 0.05) is 12.7 Å². The SMILES string of the molecule is C=CCN1C(=O)C(=Cc2c(O)nc3ccccn3c2=O)C(=O)NC1=S. The number of rotatable bonds is 3. The summed E-state index contributed by atoms with van der Waals surface area (Å²) < 4.78 is 1.20. The standard InChI is InChI=1S/C16H12N4O4S/c1-2-6-20-15(24)10(13(22)18-16(20)25)8-9-12(21)17-11-5-3-4-7-19(11)14(9)23/h2-5,7-8,21H,1,6H2,(H,18,22,25). The number of amides is 2. The van der Waals surface area contributed by atoms with Crippen molar-refractivity contribution in [1.82, 2.24) is 19.6 Å². The van der Waals surface area contributed by atoms with Crippen LogP contribution in [0.5, 0.6) is 5.88 Å². The van der Waals surface area contributed by atoms with Gasteiger partial charge in [0.2, 0.25) is 5.88 Å². The molecule has 9 heteroatoms. The van der Waals surface area contributed by atoms with E-state index in [4.69, 9.17) is 12.2 Å². The lowest BCUT2D eigenvalue weighted by Crippen LogP contribution is -2.53. The highest BCUT2D eigenvalue weighted by Gasteiger charge is 2.33. The third-order valence-electron chi connectivity index (χ3n) is 3.54. The van der Waals surface area contributed by atoms with Crippen molar-refractivity contribution >= 4 is 40.9 Å². The zero-order valence-electron chi connectivity index (χ0n) is 12.8. The highest BCUT2D eigenvalue weighted by Crippen LogP contribution is 2.18. The molecule has 0 unspecified atom stereocenters. The summed E-state index contributed by atoms with van der Waals surface area (Å²) in [6.07, 6.45) is 3.93. The summed E-state index contributed by atoms with van der Waals surface area (Å²) in [7, 11) is 0. The molecule has 2 N–H and O–H groups in total. The van der Waals surface area contributed by atoms with E-state index in [1.165, 1.54) is 16.7 Å². The van der Waals surface area contributed by atoms with Crippen molar-refractivity contribution < 1.29 is 14.7 Å². The minimum absolute atomic E-state index is 0.0513. The smallest absolute Gasteiger partial charge is 0.269 e.